The van der Waals surface area contributed by atoms with Crippen LogP contribution in [0.15, 0.2) is 12.1 Å². The summed E-state index contributed by atoms with van der Waals surface area (Å²) in [4.78, 5) is 0. The molecule has 0 heterocycles. The van der Waals surface area contributed by atoms with Crippen molar-refractivity contribution in [2.45, 2.75) is 25.3 Å². The molecule has 0 amide bonds. The Morgan fingerprint density at radius 1 is 1.47 bits per heavy atom. The predicted molar refractivity (Wildman–Crippen MR) is 65.8 cm³/mol. The van der Waals surface area contributed by atoms with Gasteiger partial charge in [-0.05, 0) is 42.0 Å². The van der Waals surface area contributed by atoms with Crippen molar-refractivity contribution in [3.05, 3.63) is 28.8 Å². The van der Waals surface area contributed by atoms with Crippen molar-refractivity contribution in [1.29, 1.82) is 0 Å². The highest BCUT2D eigenvalue weighted by molar-refractivity contribution is 7.79. The molecule has 1 unspecified atom stereocenters. The Morgan fingerprint density at radius 3 is 2.93 bits per heavy atom. The maximum Gasteiger partial charge on any atom is 0.122 e. The van der Waals surface area contributed by atoms with Gasteiger partial charge in [-0.15, -0.1) is 0 Å². The molecule has 1 aromatic rings. The molecule has 0 radical (unpaired) electrons. The summed E-state index contributed by atoms with van der Waals surface area (Å²) in [5.41, 5.74) is 9.69. The molecule has 2 N–H and O–H groups in total. The van der Waals surface area contributed by atoms with E-state index in [4.69, 9.17) is 22.7 Å². The van der Waals surface area contributed by atoms with Gasteiger partial charge < -0.3 is 10.5 Å². The van der Waals surface area contributed by atoms with E-state index in [1.807, 2.05) is 12.1 Å². The highest BCUT2D eigenvalue weighted by Crippen LogP contribution is 2.31. The Labute approximate surface area is 95.4 Å². The van der Waals surface area contributed by atoms with E-state index in [0.717, 1.165) is 30.6 Å². The number of hydrogen-bond acceptors (Lipinski definition) is 3. The summed E-state index contributed by atoms with van der Waals surface area (Å²) in [5, 5.41) is 1.75. The van der Waals surface area contributed by atoms with Crippen LogP contribution in [0.25, 0.3) is 0 Å². The van der Waals surface area contributed by atoms with E-state index in [2.05, 4.69) is 0 Å². The van der Waals surface area contributed by atoms with Crippen molar-refractivity contribution in [2.75, 3.05) is 7.11 Å². The average molecular weight is 221 g/mol. The fourth-order valence-corrected chi connectivity index (χ4v) is 2.43. The van der Waals surface area contributed by atoms with Crippen LogP contribution in [0.2, 0.25) is 0 Å². The first-order valence-corrected chi connectivity index (χ1v) is 5.63. The third kappa shape index (κ3) is 1.90. The van der Waals surface area contributed by atoms with E-state index >= 15 is 0 Å². The van der Waals surface area contributed by atoms with Crippen LogP contribution in [0.3, 0.4) is 0 Å². The van der Waals surface area contributed by atoms with Crippen molar-refractivity contribution >= 4 is 17.6 Å². The predicted octanol–water partition coefficient (Wildman–Crippen LogP) is 1.86. The van der Waals surface area contributed by atoms with E-state index in [9.17, 15) is 0 Å². The van der Waals surface area contributed by atoms with Gasteiger partial charge in [0.1, 0.15) is 5.75 Å². The van der Waals surface area contributed by atoms with Gasteiger partial charge in [0, 0.05) is 11.4 Å². The van der Waals surface area contributed by atoms with Gasteiger partial charge in [-0.3, -0.25) is 0 Å². The summed E-state index contributed by atoms with van der Waals surface area (Å²) in [6, 6.07) is 4.27. The van der Waals surface area contributed by atoms with Crippen LogP contribution in [0.5, 0.6) is 5.75 Å². The Hall–Kier alpha value is -0.930. The molecule has 1 aliphatic carbocycles. The third-order valence-electron chi connectivity index (χ3n) is 3.00. The zero-order valence-electron chi connectivity index (χ0n) is 8.82. The van der Waals surface area contributed by atoms with Crippen LogP contribution in [0.1, 0.15) is 23.1 Å². The second kappa shape index (κ2) is 4.29. The first kappa shape index (κ1) is 10.6. The van der Waals surface area contributed by atoms with Crippen LogP contribution in [-0.4, -0.2) is 18.5 Å². The van der Waals surface area contributed by atoms with E-state index in [-0.39, 0.29) is 6.04 Å². The van der Waals surface area contributed by atoms with Crippen LogP contribution in [0, 0.1) is 0 Å². The molecule has 0 spiro atoms. The van der Waals surface area contributed by atoms with Crippen molar-refractivity contribution in [3.63, 3.8) is 0 Å². The van der Waals surface area contributed by atoms with Gasteiger partial charge in [-0.1, -0.05) is 18.3 Å². The number of ether oxygens (including phenoxy) is 1. The summed E-state index contributed by atoms with van der Waals surface area (Å²) in [6.45, 7) is 0. The van der Waals surface area contributed by atoms with Crippen molar-refractivity contribution in [2.24, 2.45) is 5.73 Å². The lowest BCUT2D eigenvalue weighted by atomic mass is 9.85. The lowest BCUT2D eigenvalue weighted by Crippen LogP contribution is -2.28. The number of hydrogen-bond donors (Lipinski definition) is 1. The maximum absolute atomic E-state index is 5.97. The summed E-state index contributed by atoms with van der Waals surface area (Å²) in [5.74, 6) is 0.945. The van der Waals surface area contributed by atoms with Gasteiger partial charge in [-0.2, -0.15) is 0 Å². The van der Waals surface area contributed by atoms with E-state index < -0.39 is 0 Å². The Kier molecular flexibility index (Phi) is 3.03. The number of methoxy groups -OCH3 is 1. The minimum atomic E-state index is 0.256. The molecular formula is C12H15NOS. The summed E-state index contributed by atoms with van der Waals surface area (Å²) >= 11 is 5.02. The topological polar surface area (TPSA) is 35.2 Å². The van der Waals surface area contributed by atoms with Gasteiger partial charge >= 0.3 is 0 Å². The number of benzene rings is 1. The van der Waals surface area contributed by atoms with E-state index in [1.165, 1.54) is 11.1 Å². The summed E-state index contributed by atoms with van der Waals surface area (Å²) in [6.07, 6.45) is 2.95. The first-order valence-electron chi connectivity index (χ1n) is 5.15. The molecule has 1 aromatic carbocycles. The molecule has 0 saturated carbocycles. The Morgan fingerprint density at radius 2 is 2.27 bits per heavy atom. The molecule has 2 nitrogen and oxygen atoms in total. The highest BCUT2D eigenvalue weighted by Gasteiger charge is 2.20. The smallest absolute Gasteiger partial charge is 0.122 e. The van der Waals surface area contributed by atoms with Gasteiger partial charge in [0.05, 0.1) is 7.11 Å². The quantitative estimate of drug-likeness (QED) is 0.774. The normalized spacial score (nSPS) is 19.5. The van der Waals surface area contributed by atoms with Gasteiger partial charge in [-0.25, -0.2) is 0 Å². The molecule has 80 valence electrons. The average Bonchev–Trinajstić information content (AvgIpc) is 2.27. The van der Waals surface area contributed by atoms with E-state index in [1.54, 1.807) is 12.5 Å². The molecule has 2 rings (SSSR count). The second-order valence-corrected chi connectivity index (χ2v) is 4.17. The SMILES string of the molecule is COc1ccc(C=S)c2c1CC(N)CC2. The molecule has 0 saturated heterocycles. The molecule has 0 aliphatic heterocycles. The molecule has 0 fully saturated rings. The number of fused-ring (bicyclic) bond motifs is 1. The standard InChI is InChI=1S/C12H15NOS/c1-14-12-5-2-8(7-15)10-4-3-9(13)6-11(10)12/h2,5,7,9H,3-4,6,13H2,1H3. The van der Waals surface area contributed by atoms with Crippen LogP contribution >= 0.6 is 12.2 Å². The number of rotatable bonds is 2. The largest absolute Gasteiger partial charge is 0.496 e. The maximum atomic E-state index is 5.97. The van der Waals surface area contributed by atoms with Crippen molar-refractivity contribution < 1.29 is 4.74 Å². The van der Waals surface area contributed by atoms with Crippen LogP contribution < -0.4 is 10.5 Å². The van der Waals surface area contributed by atoms with E-state index in [0.29, 0.717) is 0 Å². The van der Waals surface area contributed by atoms with Gasteiger partial charge in [0.2, 0.25) is 0 Å². The van der Waals surface area contributed by atoms with Gasteiger partial charge in [0.15, 0.2) is 0 Å². The van der Waals surface area contributed by atoms with Crippen LogP contribution in [0.4, 0.5) is 0 Å². The zero-order valence-corrected chi connectivity index (χ0v) is 9.64. The zero-order chi connectivity index (χ0) is 10.8. The fourth-order valence-electron chi connectivity index (χ4n) is 2.20. The molecule has 15 heavy (non-hydrogen) atoms. The molecule has 3 heteroatoms. The summed E-state index contributed by atoms with van der Waals surface area (Å²) in [7, 11) is 1.70. The van der Waals surface area contributed by atoms with Crippen LogP contribution in [-0.2, 0) is 12.8 Å². The molecule has 1 atom stereocenters. The van der Waals surface area contributed by atoms with Crippen molar-refractivity contribution in [1.82, 2.24) is 0 Å². The fraction of sp³-hybridized carbons (Fsp3) is 0.417. The molecular weight excluding hydrogens is 206 g/mol. The minimum Gasteiger partial charge on any atom is -0.496 e. The summed E-state index contributed by atoms with van der Waals surface area (Å²) < 4.78 is 5.36. The minimum absolute atomic E-state index is 0.256. The molecule has 0 aromatic heterocycles. The lowest BCUT2D eigenvalue weighted by Gasteiger charge is -2.24. The number of thiocarbonyl (C=S) groups is 1. The van der Waals surface area contributed by atoms with Gasteiger partial charge in [0.25, 0.3) is 0 Å². The number of nitrogens with two attached hydrogens (primary N) is 1. The second-order valence-electron chi connectivity index (χ2n) is 3.93. The lowest BCUT2D eigenvalue weighted by molar-refractivity contribution is 0.403. The molecule has 0 bridgehead atoms. The Balaban J connectivity index is 2.53. The molecule has 1 aliphatic rings. The van der Waals surface area contributed by atoms with Crippen molar-refractivity contribution in [3.8, 4) is 5.75 Å². The first-order chi connectivity index (χ1) is 7.26. The monoisotopic (exact) mass is 221 g/mol. The third-order valence-corrected chi connectivity index (χ3v) is 3.26. The Bertz CT molecular complexity index is 389. The highest BCUT2D eigenvalue weighted by atomic mass is 32.1.